The monoisotopic (exact) mass is 360 g/mol. The summed E-state index contributed by atoms with van der Waals surface area (Å²) in [5.74, 6) is 1.13. The first kappa shape index (κ1) is 16.4. The van der Waals surface area contributed by atoms with Gasteiger partial charge in [-0.15, -0.1) is 0 Å². The van der Waals surface area contributed by atoms with Crippen LogP contribution < -0.4 is 5.56 Å². The SMILES string of the molecule is O=c1cccc(-c2ncc(-c3ccc([N+](=O)[O-])cc3)o2)n1-c1ccccn1. The van der Waals surface area contributed by atoms with Crippen LogP contribution in [0.4, 0.5) is 5.69 Å². The Morgan fingerprint density at radius 1 is 0.963 bits per heavy atom. The molecule has 0 fully saturated rings. The van der Waals surface area contributed by atoms with Crippen LogP contribution in [0, 0.1) is 10.1 Å². The molecule has 0 aliphatic carbocycles. The van der Waals surface area contributed by atoms with Crippen molar-refractivity contribution in [1.29, 1.82) is 0 Å². The lowest BCUT2D eigenvalue weighted by Gasteiger charge is -2.08. The summed E-state index contributed by atoms with van der Waals surface area (Å²) in [7, 11) is 0. The van der Waals surface area contributed by atoms with Gasteiger partial charge in [-0.3, -0.25) is 19.5 Å². The Bertz CT molecular complexity index is 1160. The van der Waals surface area contributed by atoms with E-state index in [2.05, 4.69) is 9.97 Å². The van der Waals surface area contributed by atoms with Crippen LogP contribution in [0.15, 0.2) is 82.3 Å². The van der Waals surface area contributed by atoms with E-state index in [9.17, 15) is 14.9 Å². The highest BCUT2D eigenvalue weighted by Crippen LogP contribution is 2.27. The van der Waals surface area contributed by atoms with Crippen molar-refractivity contribution in [3.63, 3.8) is 0 Å². The Morgan fingerprint density at radius 2 is 1.78 bits per heavy atom. The van der Waals surface area contributed by atoms with E-state index in [4.69, 9.17) is 4.42 Å². The lowest BCUT2D eigenvalue weighted by Crippen LogP contribution is -2.19. The fraction of sp³-hybridized carbons (Fsp3) is 0. The molecule has 1 aromatic carbocycles. The summed E-state index contributed by atoms with van der Waals surface area (Å²) in [6.45, 7) is 0. The minimum Gasteiger partial charge on any atom is -0.435 e. The van der Waals surface area contributed by atoms with Crippen LogP contribution in [-0.4, -0.2) is 19.5 Å². The van der Waals surface area contributed by atoms with Crippen molar-refractivity contribution in [2.75, 3.05) is 0 Å². The molecule has 0 spiro atoms. The van der Waals surface area contributed by atoms with E-state index in [0.29, 0.717) is 22.8 Å². The predicted octanol–water partition coefficient (Wildman–Crippen LogP) is 3.46. The van der Waals surface area contributed by atoms with E-state index in [1.54, 1.807) is 48.7 Å². The second-order valence-corrected chi connectivity index (χ2v) is 5.61. The third-order valence-electron chi connectivity index (χ3n) is 3.92. The zero-order valence-corrected chi connectivity index (χ0v) is 13.9. The maximum absolute atomic E-state index is 12.4. The van der Waals surface area contributed by atoms with Crippen LogP contribution >= 0.6 is 0 Å². The van der Waals surface area contributed by atoms with Crippen molar-refractivity contribution in [2.45, 2.75) is 0 Å². The van der Waals surface area contributed by atoms with Crippen LogP contribution in [0.5, 0.6) is 0 Å². The molecular weight excluding hydrogens is 348 g/mol. The summed E-state index contributed by atoms with van der Waals surface area (Å²) in [6.07, 6.45) is 3.10. The van der Waals surface area contributed by atoms with Gasteiger partial charge in [0.05, 0.1) is 11.1 Å². The largest absolute Gasteiger partial charge is 0.435 e. The third kappa shape index (κ3) is 3.11. The Morgan fingerprint density at radius 3 is 2.48 bits per heavy atom. The molecule has 0 aliphatic rings. The molecule has 4 aromatic rings. The quantitative estimate of drug-likeness (QED) is 0.408. The van der Waals surface area contributed by atoms with E-state index in [1.807, 2.05) is 0 Å². The molecule has 0 amide bonds. The van der Waals surface area contributed by atoms with Crippen LogP contribution in [0.1, 0.15) is 0 Å². The fourth-order valence-electron chi connectivity index (χ4n) is 2.65. The molecule has 0 N–H and O–H groups in total. The molecular formula is C19H12N4O4. The first-order chi connectivity index (χ1) is 13.1. The van der Waals surface area contributed by atoms with E-state index in [0.717, 1.165) is 0 Å². The standard InChI is InChI=1S/C19H12N4O4/c24-18-6-3-4-15(22(18)17-5-1-2-11-20-17)19-21-12-16(27-19)13-7-9-14(10-8-13)23(25)26/h1-12H. The number of oxazole rings is 1. The van der Waals surface area contributed by atoms with Crippen LogP contribution in [0.3, 0.4) is 0 Å². The van der Waals surface area contributed by atoms with Gasteiger partial charge in [-0.1, -0.05) is 12.1 Å². The summed E-state index contributed by atoms with van der Waals surface area (Å²) < 4.78 is 7.21. The number of nitrogens with zero attached hydrogens (tertiary/aromatic N) is 4. The Balaban J connectivity index is 1.77. The minimum atomic E-state index is -0.467. The van der Waals surface area contributed by atoms with Crippen LogP contribution in [0.2, 0.25) is 0 Å². The summed E-state index contributed by atoms with van der Waals surface area (Å²) in [6, 6.07) is 16.0. The number of nitro groups is 1. The van der Waals surface area contributed by atoms with Crippen molar-refractivity contribution < 1.29 is 9.34 Å². The first-order valence-corrected chi connectivity index (χ1v) is 7.98. The molecule has 4 rings (SSSR count). The number of hydrogen-bond donors (Lipinski definition) is 0. The number of pyridine rings is 2. The van der Waals surface area contributed by atoms with Crippen molar-refractivity contribution in [2.24, 2.45) is 0 Å². The molecule has 0 bridgehead atoms. The zero-order chi connectivity index (χ0) is 18.8. The summed E-state index contributed by atoms with van der Waals surface area (Å²) in [5.41, 5.74) is 0.822. The average molecular weight is 360 g/mol. The molecule has 0 radical (unpaired) electrons. The molecule has 0 unspecified atom stereocenters. The normalized spacial score (nSPS) is 10.7. The summed E-state index contributed by atoms with van der Waals surface area (Å²) in [5, 5.41) is 10.8. The lowest BCUT2D eigenvalue weighted by atomic mass is 10.2. The number of benzene rings is 1. The van der Waals surface area contributed by atoms with Crippen molar-refractivity contribution in [1.82, 2.24) is 14.5 Å². The van der Waals surface area contributed by atoms with Crippen molar-refractivity contribution in [3.05, 3.63) is 93.5 Å². The molecule has 27 heavy (non-hydrogen) atoms. The van der Waals surface area contributed by atoms with E-state index < -0.39 is 4.92 Å². The number of hydrogen-bond acceptors (Lipinski definition) is 6. The molecule has 132 valence electrons. The highest BCUT2D eigenvalue weighted by molar-refractivity contribution is 5.61. The van der Waals surface area contributed by atoms with Crippen LogP contribution in [-0.2, 0) is 0 Å². The maximum Gasteiger partial charge on any atom is 0.269 e. The van der Waals surface area contributed by atoms with Crippen molar-refractivity contribution >= 4 is 5.69 Å². The minimum absolute atomic E-state index is 0.00876. The van der Waals surface area contributed by atoms with E-state index in [-0.39, 0.29) is 17.1 Å². The van der Waals surface area contributed by atoms with Gasteiger partial charge in [-0.2, -0.15) is 0 Å². The fourth-order valence-corrected chi connectivity index (χ4v) is 2.65. The van der Waals surface area contributed by atoms with Gasteiger partial charge in [0.25, 0.3) is 11.2 Å². The molecule has 0 saturated carbocycles. The molecule has 0 saturated heterocycles. The van der Waals surface area contributed by atoms with Gasteiger partial charge in [0.15, 0.2) is 5.76 Å². The molecule has 0 atom stereocenters. The highest BCUT2D eigenvalue weighted by atomic mass is 16.6. The lowest BCUT2D eigenvalue weighted by molar-refractivity contribution is -0.384. The van der Waals surface area contributed by atoms with Gasteiger partial charge in [-0.05, 0) is 30.3 Å². The third-order valence-corrected chi connectivity index (χ3v) is 3.92. The van der Waals surface area contributed by atoms with Crippen molar-refractivity contribution in [3.8, 4) is 28.7 Å². The van der Waals surface area contributed by atoms with Gasteiger partial charge in [0.2, 0.25) is 5.89 Å². The molecule has 0 aliphatic heterocycles. The first-order valence-electron chi connectivity index (χ1n) is 7.98. The van der Waals surface area contributed by atoms with Gasteiger partial charge in [0, 0.05) is 30.0 Å². The van der Waals surface area contributed by atoms with Gasteiger partial charge < -0.3 is 4.42 Å². The average Bonchev–Trinajstić information content (AvgIpc) is 3.18. The van der Waals surface area contributed by atoms with Crippen LogP contribution in [0.25, 0.3) is 28.7 Å². The predicted molar refractivity (Wildman–Crippen MR) is 97.4 cm³/mol. The number of non-ortho nitro benzene ring substituents is 1. The van der Waals surface area contributed by atoms with E-state index in [1.165, 1.54) is 29.0 Å². The van der Waals surface area contributed by atoms with Gasteiger partial charge in [0.1, 0.15) is 11.5 Å². The smallest absolute Gasteiger partial charge is 0.269 e. The summed E-state index contributed by atoms with van der Waals surface area (Å²) >= 11 is 0. The summed E-state index contributed by atoms with van der Waals surface area (Å²) in [4.78, 5) is 31.2. The Labute approximate surface area is 152 Å². The number of nitro benzene ring substituents is 1. The molecule has 8 heteroatoms. The topological polar surface area (TPSA) is 104 Å². The van der Waals surface area contributed by atoms with Gasteiger partial charge in [-0.25, -0.2) is 9.97 Å². The second kappa shape index (κ2) is 6.68. The zero-order valence-electron chi connectivity index (χ0n) is 13.9. The maximum atomic E-state index is 12.4. The number of rotatable bonds is 4. The molecule has 8 nitrogen and oxygen atoms in total. The number of aromatic nitrogens is 3. The second-order valence-electron chi connectivity index (χ2n) is 5.61. The van der Waals surface area contributed by atoms with E-state index >= 15 is 0 Å². The highest BCUT2D eigenvalue weighted by Gasteiger charge is 2.15. The molecule has 3 aromatic heterocycles. The molecule has 3 heterocycles. The Kier molecular flexibility index (Phi) is 4.06. The van der Waals surface area contributed by atoms with Gasteiger partial charge >= 0.3 is 0 Å². The Hall–Kier alpha value is -4.07.